The second kappa shape index (κ2) is 7.84. The molecule has 1 aliphatic carbocycles. The molecule has 1 aromatic carbocycles. The SMILES string of the molecule is CCC1CCC(NC)C(Oc2ccc(C(C)CC)cc2)C1. The highest BCUT2D eigenvalue weighted by Crippen LogP contribution is 2.30. The zero-order valence-corrected chi connectivity index (χ0v) is 14.1. The van der Waals surface area contributed by atoms with Crippen LogP contribution in [-0.4, -0.2) is 19.2 Å². The summed E-state index contributed by atoms with van der Waals surface area (Å²) >= 11 is 0. The minimum atomic E-state index is 0.308. The van der Waals surface area contributed by atoms with Gasteiger partial charge in [0.05, 0.1) is 0 Å². The molecule has 0 amide bonds. The molecule has 1 saturated carbocycles. The fourth-order valence-electron chi connectivity index (χ4n) is 3.33. The van der Waals surface area contributed by atoms with Crippen LogP contribution < -0.4 is 10.1 Å². The van der Waals surface area contributed by atoms with Crippen molar-refractivity contribution in [1.82, 2.24) is 5.32 Å². The molecule has 118 valence electrons. The summed E-state index contributed by atoms with van der Waals surface area (Å²) in [4.78, 5) is 0. The molecule has 0 aliphatic heterocycles. The van der Waals surface area contributed by atoms with Crippen LogP contribution in [0.1, 0.15) is 64.4 Å². The van der Waals surface area contributed by atoms with Gasteiger partial charge in [0.25, 0.3) is 0 Å². The highest BCUT2D eigenvalue weighted by molar-refractivity contribution is 5.29. The summed E-state index contributed by atoms with van der Waals surface area (Å²) in [7, 11) is 2.05. The predicted octanol–water partition coefficient (Wildman–Crippen LogP) is 4.75. The van der Waals surface area contributed by atoms with Gasteiger partial charge >= 0.3 is 0 Å². The third-order valence-electron chi connectivity index (χ3n) is 5.20. The van der Waals surface area contributed by atoms with Gasteiger partial charge in [-0.1, -0.05) is 39.3 Å². The van der Waals surface area contributed by atoms with Crippen LogP contribution in [0.2, 0.25) is 0 Å². The van der Waals surface area contributed by atoms with E-state index >= 15 is 0 Å². The topological polar surface area (TPSA) is 21.3 Å². The Morgan fingerprint density at radius 1 is 1.19 bits per heavy atom. The molecular formula is C19H31NO. The third-order valence-corrected chi connectivity index (χ3v) is 5.20. The van der Waals surface area contributed by atoms with Crippen LogP contribution in [0, 0.1) is 5.92 Å². The molecule has 2 nitrogen and oxygen atoms in total. The molecular weight excluding hydrogens is 258 g/mol. The number of ether oxygens (including phenoxy) is 1. The fourth-order valence-corrected chi connectivity index (χ4v) is 3.33. The lowest BCUT2D eigenvalue weighted by Crippen LogP contribution is -2.45. The van der Waals surface area contributed by atoms with E-state index in [1.807, 2.05) is 0 Å². The summed E-state index contributed by atoms with van der Waals surface area (Å²) in [5.74, 6) is 2.46. The van der Waals surface area contributed by atoms with E-state index in [4.69, 9.17) is 4.74 Å². The summed E-state index contributed by atoms with van der Waals surface area (Å²) in [6.45, 7) is 6.81. The summed E-state index contributed by atoms with van der Waals surface area (Å²) in [6.07, 6.45) is 6.49. The first-order valence-electron chi connectivity index (χ1n) is 8.61. The fraction of sp³-hybridized carbons (Fsp3) is 0.684. The van der Waals surface area contributed by atoms with Crippen molar-refractivity contribution < 1.29 is 4.74 Å². The minimum Gasteiger partial charge on any atom is -0.489 e. The van der Waals surface area contributed by atoms with Gasteiger partial charge in [-0.2, -0.15) is 0 Å². The largest absolute Gasteiger partial charge is 0.489 e. The second-order valence-corrected chi connectivity index (χ2v) is 6.52. The van der Waals surface area contributed by atoms with E-state index in [-0.39, 0.29) is 0 Å². The summed E-state index contributed by atoms with van der Waals surface area (Å²) in [5.41, 5.74) is 1.41. The molecule has 0 bridgehead atoms. The highest BCUT2D eigenvalue weighted by atomic mass is 16.5. The lowest BCUT2D eigenvalue weighted by molar-refractivity contribution is 0.0883. The van der Waals surface area contributed by atoms with E-state index < -0.39 is 0 Å². The van der Waals surface area contributed by atoms with Gasteiger partial charge in [-0.3, -0.25) is 0 Å². The first-order valence-corrected chi connectivity index (χ1v) is 8.61. The molecule has 0 heterocycles. The Hall–Kier alpha value is -1.02. The molecule has 1 fully saturated rings. The van der Waals surface area contributed by atoms with E-state index in [1.54, 1.807) is 0 Å². The normalized spacial score (nSPS) is 27.3. The Labute approximate surface area is 130 Å². The number of benzene rings is 1. The van der Waals surface area contributed by atoms with Gasteiger partial charge in [0.1, 0.15) is 11.9 Å². The van der Waals surface area contributed by atoms with Crippen molar-refractivity contribution in [3.8, 4) is 5.75 Å². The Bertz CT molecular complexity index is 414. The zero-order valence-electron chi connectivity index (χ0n) is 14.1. The van der Waals surface area contributed by atoms with Crippen LogP contribution in [0.25, 0.3) is 0 Å². The molecule has 4 atom stereocenters. The average Bonchev–Trinajstić information content (AvgIpc) is 2.54. The summed E-state index contributed by atoms with van der Waals surface area (Å²) in [6, 6.07) is 9.21. The number of nitrogens with one attached hydrogen (secondary N) is 1. The van der Waals surface area contributed by atoms with E-state index in [0.29, 0.717) is 18.1 Å². The van der Waals surface area contributed by atoms with Crippen molar-refractivity contribution in [2.45, 2.75) is 70.9 Å². The maximum Gasteiger partial charge on any atom is 0.119 e. The van der Waals surface area contributed by atoms with Gasteiger partial charge in [-0.25, -0.2) is 0 Å². The van der Waals surface area contributed by atoms with Gasteiger partial charge in [-0.05, 0) is 62.3 Å². The van der Waals surface area contributed by atoms with Gasteiger partial charge in [0.15, 0.2) is 0 Å². The Morgan fingerprint density at radius 3 is 2.48 bits per heavy atom. The number of rotatable bonds is 6. The quantitative estimate of drug-likeness (QED) is 0.816. The highest BCUT2D eigenvalue weighted by Gasteiger charge is 2.30. The molecule has 0 radical (unpaired) electrons. The maximum absolute atomic E-state index is 6.30. The Morgan fingerprint density at radius 2 is 1.90 bits per heavy atom. The monoisotopic (exact) mass is 289 g/mol. The van der Waals surface area contributed by atoms with Crippen molar-refractivity contribution in [2.75, 3.05) is 7.05 Å². The lowest BCUT2D eigenvalue weighted by atomic mass is 9.82. The van der Waals surface area contributed by atoms with Crippen molar-refractivity contribution in [1.29, 1.82) is 0 Å². The van der Waals surface area contributed by atoms with E-state index in [9.17, 15) is 0 Å². The summed E-state index contributed by atoms with van der Waals surface area (Å²) in [5, 5.41) is 3.43. The molecule has 0 spiro atoms. The smallest absolute Gasteiger partial charge is 0.119 e. The van der Waals surface area contributed by atoms with Crippen molar-refractivity contribution >= 4 is 0 Å². The third kappa shape index (κ3) is 4.23. The van der Waals surface area contributed by atoms with Crippen molar-refractivity contribution in [2.24, 2.45) is 5.92 Å². The first kappa shape index (κ1) is 16.4. The van der Waals surface area contributed by atoms with E-state index in [1.165, 1.54) is 37.7 Å². The van der Waals surface area contributed by atoms with Gasteiger partial charge in [-0.15, -0.1) is 0 Å². The van der Waals surface area contributed by atoms with Crippen LogP contribution >= 0.6 is 0 Å². The first-order chi connectivity index (χ1) is 10.2. The molecule has 1 aliphatic rings. The number of hydrogen-bond acceptors (Lipinski definition) is 2. The molecule has 2 rings (SSSR count). The maximum atomic E-state index is 6.30. The molecule has 21 heavy (non-hydrogen) atoms. The predicted molar refractivity (Wildman–Crippen MR) is 90.0 cm³/mol. The van der Waals surface area contributed by atoms with Crippen molar-refractivity contribution in [3.05, 3.63) is 29.8 Å². The van der Waals surface area contributed by atoms with Crippen LogP contribution in [0.15, 0.2) is 24.3 Å². The van der Waals surface area contributed by atoms with Crippen LogP contribution in [-0.2, 0) is 0 Å². The molecule has 0 saturated heterocycles. The number of likely N-dealkylation sites (N-methyl/N-ethyl adjacent to an activating group) is 1. The summed E-state index contributed by atoms with van der Waals surface area (Å²) < 4.78 is 6.30. The standard InChI is InChI=1S/C19H31NO/c1-5-14(3)16-8-10-17(11-9-16)21-19-13-15(6-2)7-12-18(19)20-4/h8-11,14-15,18-20H,5-7,12-13H2,1-4H3. The van der Waals surface area contributed by atoms with Gasteiger partial charge in [0, 0.05) is 6.04 Å². The minimum absolute atomic E-state index is 0.308. The average molecular weight is 289 g/mol. The molecule has 1 N–H and O–H groups in total. The Balaban J connectivity index is 2.01. The number of hydrogen-bond donors (Lipinski definition) is 1. The molecule has 0 aromatic heterocycles. The van der Waals surface area contributed by atoms with Gasteiger partial charge < -0.3 is 10.1 Å². The van der Waals surface area contributed by atoms with Crippen LogP contribution in [0.4, 0.5) is 0 Å². The lowest BCUT2D eigenvalue weighted by Gasteiger charge is -2.35. The molecule has 4 unspecified atom stereocenters. The molecule has 1 aromatic rings. The zero-order chi connectivity index (χ0) is 15.2. The van der Waals surface area contributed by atoms with Crippen LogP contribution in [0.3, 0.4) is 0 Å². The van der Waals surface area contributed by atoms with Crippen molar-refractivity contribution in [3.63, 3.8) is 0 Å². The Kier molecular flexibility index (Phi) is 6.10. The van der Waals surface area contributed by atoms with E-state index in [0.717, 1.165) is 11.7 Å². The second-order valence-electron chi connectivity index (χ2n) is 6.52. The molecule has 2 heteroatoms. The van der Waals surface area contributed by atoms with E-state index in [2.05, 4.69) is 57.4 Å². The van der Waals surface area contributed by atoms with Gasteiger partial charge in [0.2, 0.25) is 0 Å². The van der Waals surface area contributed by atoms with Crippen LogP contribution in [0.5, 0.6) is 5.75 Å².